The molecule has 5 rings (SSSR count). The van der Waals surface area contributed by atoms with E-state index in [1.165, 1.54) is 0 Å². The number of carbonyl (C=O) groups excluding carboxylic acids is 1. The summed E-state index contributed by atoms with van der Waals surface area (Å²) in [5.41, 5.74) is 0.432. The Balaban J connectivity index is 1.28. The molecule has 1 amide bonds. The first-order valence-corrected chi connectivity index (χ1v) is 13.5. The maximum atomic E-state index is 13.3. The zero-order chi connectivity index (χ0) is 26.6. The number of hydrogen-bond donors (Lipinski definition) is 3. The summed E-state index contributed by atoms with van der Waals surface area (Å²) >= 11 is -1.82. The lowest BCUT2D eigenvalue weighted by Crippen LogP contribution is -2.49. The molecule has 0 bridgehead atoms. The number of para-hydroxylation sites is 1. The molecule has 1 fully saturated rings. The molecule has 2 aliphatic rings. The van der Waals surface area contributed by atoms with Gasteiger partial charge in [-0.25, -0.2) is 9.19 Å². The minimum Gasteiger partial charge on any atom is -0.505 e. The molecule has 38 heavy (non-hydrogen) atoms. The average Bonchev–Trinajstić information content (AvgIpc) is 3.53. The molecular formula is C26H29N7O4S. The predicted octanol–water partition coefficient (Wildman–Crippen LogP) is 3.19. The molecular weight excluding hydrogens is 506 g/mol. The molecule has 3 N–H and O–H groups in total. The molecule has 11 nitrogen and oxygen atoms in total. The van der Waals surface area contributed by atoms with Gasteiger partial charge in [0.15, 0.2) is 17.4 Å². The lowest BCUT2D eigenvalue weighted by atomic mass is 10.1. The minimum absolute atomic E-state index is 0.171. The number of amides is 1. The Bertz CT molecular complexity index is 1400. The summed E-state index contributed by atoms with van der Waals surface area (Å²) in [4.78, 5) is 21.5. The highest BCUT2D eigenvalue weighted by Crippen LogP contribution is 2.30. The van der Waals surface area contributed by atoms with E-state index in [4.69, 9.17) is 4.42 Å². The third kappa shape index (κ3) is 5.40. The van der Waals surface area contributed by atoms with Crippen molar-refractivity contribution in [3.8, 4) is 5.75 Å². The van der Waals surface area contributed by atoms with E-state index < -0.39 is 11.2 Å². The second-order valence-electron chi connectivity index (χ2n) is 8.96. The lowest BCUT2D eigenvalue weighted by Gasteiger charge is -2.35. The van der Waals surface area contributed by atoms with Crippen LogP contribution >= 0.6 is 0 Å². The number of anilines is 2. The van der Waals surface area contributed by atoms with Crippen molar-refractivity contribution in [1.82, 2.24) is 15.2 Å². The number of piperazine rings is 1. The van der Waals surface area contributed by atoms with Gasteiger partial charge in [0.25, 0.3) is 17.1 Å². The number of hydrogen-bond acceptors (Lipinski definition) is 8. The van der Waals surface area contributed by atoms with Crippen LogP contribution < -0.4 is 15.5 Å². The second-order valence-corrected chi connectivity index (χ2v) is 9.78. The smallest absolute Gasteiger partial charge is 0.269 e. The van der Waals surface area contributed by atoms with Crippen LogP contribution in [0.15, 0.2) is 67.9 Å². The van der Waals surface area contributed by atoms with Crippen LogP contribution in [-0.4, -0.2) is 63.0 Å². The predicted molar refractivity (Wildman–Crippen MR) is 147 cm³/mol. The largest absolute Gasteiger partial charge is 0.505 e. The van der Waals surface area contributed by atoms with Crippen LogP contribution in [-0.2, 0) is 11.2 Å². The molecule has 2 atom stereocenters. The fourth-order valence-corrected chi connectivity index (χ4v) is 5.04. The Morgan fingerprint density at radius 2 is 1.87 bits per heavy atom. The van der Waals surface area contributed by atoms with Gasteiger partial charge in [-0.1, -0.05) is 19.1 Å². The van der Waals surface area contributed by atoms with Crippen molar-refractivity contribution in [2.24, 2.45) is 8.80 Å². The van der Waals surface area contributed by atoms with Crippen molar-refractivity contribution in [3.63, 3.8) is 0 Å². The van der Waals surface area contributed by atoms with Gasteiger partial charge in [0.2, 0.25) is 0 Å². The van der Waals surface area contributed by atoms with Crippen molar-refractivity contribution >= 4 is 40.3 Å². The molecule has 12 heteroatoms. The molecule has 1 saturated heterocycles. The zero-order valence-electron chi connectivity index (χ0n) is 21.1. The number of nitrogens with zero attached hydrogens (tertiary/aromatic N) is 5. The maximum absolute atomic E-state index is 13.3. The second kappa shape index (κ2) is 11.1. The highest BCUT2D eigenvalue weighted by Gasteiger charge is 2.28. The van der Waals surface area contributed by atoms with Gasteiger partial charge in [-0.05, 0) is 49.7 Å². The van der Waals surface area contributed by atoms with Gasteiger partial charge < -0.3 is 30.0 Å². The highest BCUT2D eigenvalue weighted by atomic mass is 32.2. The highest BCUT2D eigenvalue weighted by molar-refractivity contribution is 7.83. The number of benzene rings is 1. The number of carbonyl (C=O) groups is 1. The fraction of sp³-hybridized carbons (Fsp3) is 0.308. The number of aromatic nitrogens is 1. The first-order chi connectivity index (χ1) is 18.4. The van der Waals surface area contributed by atoms with Crippen LogP contribution in [0.4, 0.5) is 11.5 Å². The molecule has 3 aromatic rings. The number of furan rings is 1. The van der Waals surface area contributed by atoms with E-state index in [-0.39, 0.29) is 40.6 Å². The Morgan fingerprint density at radius 3 is 2.55 bits per heavy atom. The number of pyridine rings is 1. The van der Waals surface area contributed by atoms with Crippen LogP contribution in [0.1, 0.15) is 41.3 Å². The first-order valence-electron chi connectivity index (χ1n) is 12.4. The standard InChI is InChI=1S/C26H29N7O4S/c1-3-19(21-11-10-17(2)37-21)28-24-25(31-38(36)30-24)29-20-8-6-7-18(23(20)34)26(35)33-15-13-32(14-16-33)22-9-4-5-12-27-22/h4-12,19,34H,3,13-16H2,1-2H3,(H,28,30)(H,29,31)/t19-,38?/m1/s1. The number of aryl methyl sites for hydroxylation is 1. The van der Waals surface area contributed by atoms with E-state index >= 15 is 0 Å². The number of nitrogens with one attached hydrogen (secondary N) is 2. The molecule has 0 aliphatic carbocycles. The fourth-order valence-electron chi connectivity index (χ4n) is 4.41. The summed E-state index contributed by atoms with van der Waals surface area (Å²) in [7, 11) is 0. The quantitative estimate of drug-likeness (QED) is 0.410. The molecule has 0 radical (unpaired) electrons. The number of phenols is 1. The van der Waals surface area contributed by atoms with Crippen molar-refractivity contribution in [1.29, 1.82) is 0 Å². The summed E-state index contributed by atoms with van der Waals surface area (Å²) in [5, 5.41) is 17.2. The van der Waals surface area contributed by atoms with Gasteiger partial charge in [0, 0.05) is 32.4 Å². The number of amidine groups is 2. The van der Waals surface area contributed by atoms with Crippen LogP contribution in [0.5, 0.6) is 5.75 Å². The molecule has 198 valence electrons. The van der Waals surface area contributed by atoms with Crippen LogP contribution in [0.25, 0.3) is 0 Å². The Kier molecular flexibility index (Phi) is 7.40. The van der Waals surface area contributed by atoms with Crippen molar-refractivity contribution in [3.05, 3.63) is 71.8 Å². The van der Waals surface area contributed by atoms with Gasteiger partial charge in [-0.2, -0.15) is 0 Å². The summed E-state index contributed by atoms with van der Waals surface area (Å²) in [6, 6.07) is 14.2. The minimum atomic E-state index is -1.82. The summed E-state index contributed by atoms with van der Waals surface area (Å²) in [6.45, 7) is 6.15. The third-order valence-electron chi connectivity index (χ3n) is 6.45. The van der Waals surface area contributed by atoms with Crippen molar-refractivity contribution < 1.29 is 18.5 Å². The SMILES string of the molecule is CC[C@@H](NC1=NS(=O)N=C1Nc1cccc(C(=O)N2CCN(c3ccccn3)CC2)c1O)c1ccc(C)o1. The molecule has 0 saturated carbocycles. The van der Waals surface area contributed by atoms with Gasteiger partial charge >= 0.3 is 0 Å². The topological polar surface area (TPSA) is 136 Å². The van der Waals surface area contributed by atoms with E-state index in [0.29, 0.717) is 32.6 Å². The van der Waals surface area contributed by atoms with Gasteiger partial charge in [-0.3, -0.25) is 4.79 Å². The summed E-state index contributed by atoms with van der Waals surface area (Å²) in [6.07, 6.45) is 2.44. The first kappa shape index (κ1) is 25.5. The number of aromatic hydroxyl groups is 1. The van der Waals surface area contributed by atoms with Crippen molar-refractivity contribution in [2.45, 2.75) is 26.3 Å². The van der Waals surface area contributed by atoms with Gasteiger partial charge in [-0.15, -0.1) is 8.80 Å². The van der Waals surface area contributed by atoms with Crippen LogP contribution in [0, 0.1) is 6.92 Å². The average molecular weight is 536 g/mol. The molecule has 0 spiro atoms. The lowest BCUT2D eigenvalue weighted by molar-refractivity contribution is 0.0743. The van der Waals surface area contributed by atoms with E-state index in [1.807, 2.05) is 44.2 Å². The zero-order valence-corrected chi connectivity index (χ0v) is 21.9. The molecule has 1 unspecified atom stereocenters. The van der Waals surface area contributed by atoms with Crippen LogP contribution in [0.3, 0.4) is 0 Å². The molecule has 4 heterocycles. The monoisotopic (exact) mass is 535 g/mol. The van der Waals surface area contributed by atoms with E-state index in [2.05, 4.69) is 29.3 Å². The van der Waals surface area contributed by atoms with E-state index in [0.717, 1.165) is 17.3 Å². The Hall–Kier alpha value is -4.19. The normalized spacial score (nSPS) is 18.1. The van der Waals surface area contributed by atoms with Gasteiger partial charge in [0.1, 0.15) is 17.3 Å². The van der Waals surface area contributed by atoms with Crippen molar-refractivity contribution in [2.75, 3.05) is 36.4 Å². The van der Waals surface area contributed by atoms with E-state index in [1.54, 1.807) is 29.3 Å². The van der Waals surface area contributed by atoms with Gasteiger partial charge in [0.05, 0.1) is 17.3 Å². The Labute approximate surface area is 223 Å². The maximum Gasteiger partial charge on any atom is 0.269 e. The third-order valence-corrected chi connectivity index (χ3v) is 7.12. The summed E-state index contributed by atoms with van der Waals surface area (Å²) in [5.74, 6) is 2.40. The molecule has 2 aliphatic heterocycles. The van der Waals surface area contributed by atoms with Crippen LogP contribution in [0.2, 0.25) is 0 Å². The molecule has 2 aromatic heterocycles. The summed E-state index contributed by atoms with van der Waals surface area (Å²) < 4.78 is 26.0. The molecule has 1 aromatic carbocycles. The number of rotatable bonds is 6. The Morgan fingerprint density at radius 1 is 1.08 bits per heavy atom. The van der Waals surface area contributed by atoms with E-state index in [9.17, 15) is 14.1 Å². The number of phenolic OH excluding ortho intramolecular Hbond substituents is 1.